The van der Waals surface area contributed by atoms with E-state index in [0.29, 0.717) is 11.1 Å². The second-order valence-corrected chi connectivity index (χ2v) is 6.43. The molecule has 3 rings (SSSR count). The summed E-state index contributed by atoms with van der Waals surface area (Å²) in [5.74, 6) is -2.57. The molecule has 2 aromatic rings. The maximum atomic E-state index is 13.2. The van der Waals surface area contributed by atoms with Crippen molar-refractivity contribution in [1.82, 2.24) is 9.80 Å². The fraction of sp³-hybridized carbons (Fsp3) is 0.200. The van der Waals surface area contributed by atoms with Crippen molar-refractivity contribution < 1.29 is 23.6 Å². The topological polar surface area (TPSA) is 86.8 Å². The van der Waals surface area contributed by atoms with E-state index < -0.39 is 36.0 Å². The SMILES string of the molecule is CN(CC(=O)Nc1cccc(F)c1)C(=O)CN1C(=O)Cc2ccccc2C1=O. The van der Waals surface area contributed by atoms with E-state index >= 15 is 0 Å². The van der Waals surface area contributed by atoms with Crippen LogP contribution in [0.25, 0.3) is 0 Å². The van der Waals surface area contributed by atoms with Gasteiger partial charge >= 0.3 is 0 Å². The van der Waals surface area contributed by atoms with Crippen LogP contribution in [0.4, 0.5) is 10.1 Å². The molecule has 0 spiro atoms. The molecular formula is C20H18FN3O4. The van der Waals surface area contributed by atoms with Gasteiger partial charge in [-0.3, -0.25) is 24.1 Å². The number of nitrogens with one attached hydrogen (secondary N) is 1. The molecular weight excluding hydrogens is 365 g/mol. The monoisotopic (exact) mass is 383 g/mol. The Kier molecular flexibility index (Phi) is 5.49. The van der Waals surface area contributed by atoms with Gasteiger partial charge < -0.3 is 10.2 Å². The molecule has 0 saturated heterocycles. The van der Waals surface area contributed by atoms with Gasteiger partial charge in [-0.25, -0.2) is 4.39 Å². The lowest BCUT2D eigenvalue weighted by Gasteiger charge is -2.28. The summed E-state index contributed by atoms with van der Waals surface area (Å²) in [6.45, 7) is -0.752. The number of amides is 4. The molecule has 8 heteroatoms. The number of rotatable bonds is 5. The van der Waals surface area contributed by atoms with Crippen molar-refractivity contribution in [2.75, 3.05) is 25.5 Å². The van der Waals surface area contributed by atoms with E-state index in [2.05, 4.69) is 5.32 Å². The van der Waals surface area contributed by atoms with Crippen molar-refractivity contribution in [2.45, 2.75) is 6.42 Å². The lowest BCUT2D eigenvalue weighted by atomic mass is 9.98. The Hall–Kier alpha value is -3.55. The second kappa shape index (κ2) is 7.99. The minimum atomic E-state index is -0.560. The summed E-state index contributed by atoms with van der Waals surface area (Å²) in [5, 5.41) is 2.48. The van der Waals surface area contributed by atoms with Crippen LogP contribution in [-0.2, 0) is 20.8 Å². The van der Waals surface area contributed by atoms with Crippen molar-refractivity contribution in [1.29, 1.82) is 0 Å². The van der Waals surface area contributed by atoms with E-state index in [0.717, 1.165) is 15.9 Å². The highest BCUT2D eigenvalue weighted by atomic mass is 19.1. The van der Waals surface area contributed by atoms with Crippen LogP contribution in [0.1, 0.15) is 15.9 Å². The van der Waals surface area contributed by atoms with Gasteiger partial charge in [-0.15, -0.1) is 0 Å². The van der Waals surface area contributed by atoms with E-state index in [9.17, 15) is 23.6 Å². The Bertz CT molecular complexity index is 960. The molecule has 0 radical (unpaired) electrons. The quantitative estimate of drug-likeness (QED) is 0.792. The fourth-order valence-electron chi connectivity index (χ4n) is 2.89. The van der Waals surface area contributed by atoms with E-state index in [1.807, 2.05) is 0 Å². The molecule has 0 bridgehead atoms. The molecule has 144 valence electrons. The number of anilines is 1. The number of carbonyl (C=O) groups is 4. The number of carbonyl (C=O) groups excluding carboxylic acids is 4. The summed E-state index contributed by atoms with van der Waals surface area (Å²) >= 11 is 0. The number of fused-ring (bicyclic) bond motifs is 1. The molecule has 0 aliphatic carbocycles. The zero-order valence-corrected chi connectivity index (χ0v) is 15.1. The molecule has 0 unspecified atom stereocenters. The number of likely N-dealkylation sites (N-methyl/N-ethyl adjacent to an activating group) is 1. The van der Waals surface area contributed by atoms with Gasteiger partial charge in [-0.05, 0) is 29.8 Å². The van der Waals surface area contributed by atoms with Crippen molar-refractivity contribution in [2.24, 2.45) is 0 Å². The Morgan fingerprint density at radius 1 is 1.14 bits per heavy atom. The predicted octanol–water partition coefficient (Wildman–Crippen LogP) is 1.45. The molecule has 0 fully saturated rings. The third kappa shape index (κ3) is 4.22. The van der Waals surface area contributed by atoms with Crippen LogP contribution in [0, 0.1) is 5.82 Å². The summed E-state index contributed by atoms with van der Waals surface area (Å²) in [4.78, 5) is 51.2. The number of nitrogens with zero attached hydrogens (tertiary/aromatic N) is 2. The average Bonchev–Trinajstić information content (AvgIpc) is 2.64. The smallest absolute Gasteiger partial charge is 0.261 e. The Balaban J connectivity index is 1.60. The van der Waals surface area contributed by atoms with Crippen LogP contribution in [0.15, 0.2) is 48.5 Å². The van der Waals surface area contributed by atoms with Crippen molar-refractivity contribution in [3.63, 3.8) is 0 Å². The Morgan fingerprint density at radius 3 is 2.64 bits per heavy atom. The standard InChI is InChI=1S/C20H18FN3O4/c1-23(11-17(25)22-15-7-4-6-14(21)10-15)19(27)12-24-18(26)9-13-5-2-3-8-16(13)20(24)28/h2-8,10H,9,11-12H2,1H3,(H,22,25). The molecule has 1 aliphatic rings. The van der Waals surface area contributed by atoms with Crippen LogP contribution in [-0.4, -0.2) is 53.6 Å². The van der Waals surface area contributed by atoms with Gasteiger partial charge in [0.25, 0.3) is 5.91 Å². The first-order valence-corrected chi connectivity index (χ1v) is 8.57. The van der Waals surface area contributed by atoms with Gasteiger partial charge in [-0.2, -0.15) is 0 Å². The highest BCUT2D eigenvalue weighted by Crippen LogP contribution is 2.19. The normalized spacial score (nSPS) is 13.1. The van der Waals surface area contributed by atoms with Crippen LogP contribution < -0.4 is 5.32 Å². The Labute approximate surface area is 160 Å². The van der Waals surface area contributed by atoms with E-state index in [1.54, 1.807) is 24.3 Å². The van der Waals surface area contributed by atoms with Gasteiger partial charge in [0.15, 0.2) is 0 Å². The highest BCUT2D eigenvalue weighted by molar-refractivity contribution is 6.11. The summed E-state index contributed by atoms with van der Waals surface area (Å²) in [5.41, 5.74) is 1.29. The lowest BCUT2D eigenvalue weighted by Crippen LogP contribution is -2.48. The molecule has 0 aromatic heterocycles. The van der Waals surface area contributed by atoms with Crippen LogP contribution in [0.3, 0.4) is 0 Å². The third-order valence-electron chi connectivity index (χ3n) is 4.34. The van der Waals surface area contributed by atoms with Gasteiger partial charge in [-0.1, -0.05) is 24.3 Å². The molecule has 7 nitrogen and oxygen atoms in total. The first-order valence-electron chi connectivity index (χ1n) is 8.57. The summed E-state index contributed by atoms with van der Waals surface area (Å²) in [6.07, 6.45) is 0.0406. The zero-order valence-electron chi connectivity index (χ0n) is 15.1. The number of imide groups is 1. The van der Waals surface area contributed by atoms with Crippen molar-refractivity contribution in [3.05, 3.63) is 65.5 Å². The van der Waals surface area contributed by atoms with E-state index in [1.165, 1.54) is 25.2 Å². The molecule has 4 amide bonds. The van der Waals surface area contributed by atoms with Crippen molar-refractivity contribution >= 4 is 29.3 Å². The van der Waals surface area contributed by atoms with Crippen LogP contribution >= 0.6 is 0 Å². The third-order valence-corrected chi connectivity index (χ3v) is 4.34. The predicted molar refractivity (Wildman–Crippen MR) is 98.9 cm³/mol. The summed E-state index contributed by atoms with van der Waals surface area (Å²) in [6, 6.07) is 12.1. The number of benzene rings is 2. The molecule has 2 aromatic carbocycles. The van der Waals surface area contributed by atoms with Crippen LogP contribution in [0.2, 0.25) is 0 Å². The molecule has 0 atom stereocenters. The van der Waals surface area contributed by atoms with Gasteiger partial charge in [0, 0.05) is 18.3 Å². The zero-order chi connectivity index (χ0) is 20.3. The van der Waals surface area contributed by atoms with Crippen LogP contribution in [0.5, 0.6) is 0 Å². The average molecular weight is 383 g/mol. The second-order valence-electron chi connectivity index (χ2n) is 6.43. The molecule has 1 N–H and O–H groups in total. The number of hydrogen-bond donors (Lipinski definition) is 1. The summed E-state index contributed by atoms with van der Waals surface area (Å²) < 4.78 is 13.2. The fourth-order valence-corrected chi connectivity index (χ4v) is 2.89. The number of hydrogen-bond acceptors (Lipinski definition) is 4. The Morgan fingerprint density at radius 2 is 1.89 bits per heavy atom. The molecule has 0 saturated carbocycles. The first kappa shape index (κ1) is 19.2. The maximum Gasteiger partial charge on any atom is 0.261 e. The van der Waals surface area contributed by atoms with E-state index in [4.69, 9.17) is 0 Å². The van der Waals surface area contributed by atoms with Gasteiger partial charge in [0.05, 0.1) is 13.0 Å². The minimum Gasteiger partial charge on any atom is -0.335 e. The minimum absolute atomic E-state index is 0.0406. The largest absolute Gasteiger partial charge is 0.335 e. The molecule has 1 heterocycles. The van der Waals surface area contributed by atoms with E-state index in [-0.39, 0.29) is 18.7 Å². The van der Waals surface area contributed by atoms with Crippen molar-refractivity contribution in [3.8, 4) is 0 Å². The molecule has 28 heavy (non-hydrogen) atoms. The highest BCUT2D eigenvalue weighted by Gasteiger charge is 2.32. The lowest BCUT2D eigenvalue weighted by molar-refractivity contribution is -0.138. The maximum absolute atomic E-state index is 13.2. The molecule has 1 aliphatic heterocycles. The van der Waals surface area contributed by atoms with Gasteiger partial charge in [0.1, 0.15) is 12.4 Å². The number of halogens is 1. The summed E-state index contributed by atoms with van der Waals surface area (Å²) in [7, 11) is 1.39. The first-order chi connectivity index (χ1) is 13.3. The van der Waals surface area contributed by atoms with Gasteiger partial charge in [0.2, 0.25) is 17.7 Å².